The maximum atomic E-state index is 12.5. The molecule has 0 bridgehead atoms. The van der Waals surface area contributed by atoms with Gasteiger partial charge in [0, 0.05) is 25.2 Å². The molecule has 1 heterocycles. The third-order valence-corrected chi connectivity index (χ3v) is 6.10. The zero-order valence-corrected chi connectivity index (χ0v) is 15.6. The molecular weight excluding hydrogens is 364 g/mol. The molecule has 0 amide bonds. The minimum Gasteiger partial charge on any atom is -0.495 e. The zero-order valence-electron chi connectivity index (χ0n) is 14.0. The van der Waals surface area contributed by atoms with Crippen LogP contribution in [-0.2, 0) is 26.3 Å². The summed E-state index contributed by atoms with van der Waals surface area (Å²) in [5, 5.41) is 0. The van der Waals surface area contributed by atoms with Crippen molar-refractivity contribution in [1.82, 2.24) is 9.71 Å². The summed E-state index contributed by atoms with van der Waals surface area (Å²) >= 11 is 0. The van der Waals surface area contributed by atoms with Crippen LogP contribution in [0.5, 0.6) is 5.75 Å². The van der Waals surface area contributed by atoms with Crippen LogP contribution in [0.3, 0.4) is 0 Å². The van der Waals surface area contributed by atoms with Gasteiger partial charge in [-0.05, 0) is 42.7 Å². The van der Waals surface area contributed by atoms with E-state index in [0.29, 0.717) is 12.8 Å². The number of hydrogen-bond donors (Lipinski definition) is 1. The largest absolute Gasteiger partial charge is 0.495 e. The number of pyridine rings is 1. The Morgan fingerprint density at radius 2 is 1.92 bits per heavy atom. The van der Waals surface area contributed by atoms with E-state index in [2.05, 4.69) is 9.71 Å². The molecule has 0 saturated heterocycles. The van der Waals surface area contributed by atoms with E-state index in [1.807, 2.05) is 12.1 Å². The number of sulfonamides is 1. The Morgan fingerprint density at radius 1 is 1.16 bits per heavy atom. The molecule has 0 aliphatic heterocycles. The highest BCUT2D eigenvalue weighted by atomic mass is 32.2. The number of ether oxygens (including phenoxy) is 1. The molecule has 7 nitrogen and oxygen atoms in total. The van der Waals surface area contributed by atoms with Gasteiger partial charge in [-0.3, -0.25) is 4.98 Å². The van der Waals surface area contributed by atoms with Crippen LogP contribution in [0.15, 0.2) is 52.5 Å². The van der Waals surface area contributed by atoms with E-state index in [4.69, 9.17) is 4.74 Å². The predicted octanol–water partition coefficient (Wildman–Crippen LogP) is 1.40. The van der Waals surface area contributed by atoms with Gasteiger partial charge in [0.1, 0.15) is 10.6 Å². The second kappa shape index (κ2) is 7.94. The third-order valence-electron chi connectivity index (χ3n) is 3.51. The summed E-state index contributed by atoms with van der Waals surface area (Å²) in [5.41, 5.74) is 1.01. The van der Waals surface area contributed by atoms with E-state index < -0.39 is 19.9 Å². The third kappa shape index (κ3) is 5.25. The summed E-state index contributed by atoms with van der Waals surface area (Å²) in [6, 6.07) is 7.49. The molecule has 1 N–H and O–H groups in total. The fourth-order valence-corrected chi connectivity index (χ4v) is 4.21. The number of rotatable bonds is 8. The van der Waals surface area contributed by atoms with Crippen LogP contribution in [0.2, 0.25) is 0 Å². The highest BCUT2D eigenvalue weighted by Crippen LogP contribution is 2.26. The molecule has 0 fully saturated rings. The van der Waals surface area contributed by atoms with E-state index in [0.717, 1.165) is 17.9 Å². The molecule has 0 radical (unpaired) electrons. The smallest absolute Gasteiger partial charge is 0.244 e. The van der Waals surface area contributed by atoms with Gasteiger partial charge in [-0.2, -0.15) is 0 Å². The Kier molecular flexibility index (Phi) is 6.15. The van der Waals surface area contributed by atoms with Gasteiger partial charge in [0.25, 0.3) is 0 Å². The molecule has 0 atom stereocenters. The van der Waals surface area contributed by atoms with E-state index >= 15 is 0 Å². The van der Waals surface area contributed by atoms with Crippen molar-refractivity contribution >= 4 is 19.9 Å². The molecular formula is C16H20N2O5S2. The zero-order chi connectivity index (χ0) is 18.5. The number of aromatic nitrogens is 1. The van der Waals surface area contributed by atoms with Crippen molar-refractivity contribution in [2.45, 2.75) is 22.6 Å². The standard InChI is InChI=1S/C16H20N2O5S2/c1-23-15-8-7-14(24(2,19)20)11-16(15)25(21,22)18-10-4-6-13-5-3-9-17-12-13/h3,5,7-9,11-12,18H,4,6,10H2,1-2H3. The van der Waals surface area contributed by atoms with Crippen LogP contribution in [0.25, 0.3) is 0 Å². The average Bonchev–Trinajstić information content (AvgIpc) is 2.58. The van der Waals surface area contributed by atoms with E-state index in [9.17, 15) is 16.8 Å². The van der Waals surface area contributed by atoms with Gasteiger partial charge in [-0.15, -0.1) is 0 Å². The number of sulfone groups is 1. The van der Waals surface area contributed by atoms with Crippen LogP contribution in [0.1, 0.15) is 12.0 Å². The quantitative estimate of drug-likeness (QED) is 0.690. The van der Waals surface area contributed by atoms with Crippen molar-refractivity contribution in [2.24, 2.45) is 0 Å². The maximum absolute atomic E-state index is 12.5. The van der Waals surface area contributed by atoms with Crippen molar-refractivity contribution in [3.63, 3.8) is 0 Å². The second-order valence-corrected chi connectivity index (χ2v) is 9.20. The van der Waals surface area contributed by atoms with Gasteiger partial charge in [-0.25, -0.2) is 21.6 Å². The van der Waals surface area contributed by atoms with Gasteiger partial charge < -0.3 is 4.74 Å². The molecule has 1 aromatic carbocycles. The molecule has 0 aliphatic rings. The lowest BCUT2D eigenvalue weighted by atomic mass is 10.2. The number of benzene rings is 1. The van der Waals surface area contributed by atoms with Gasteiger partial charge >= 0.3 is 0 Å². The number of methoxy groups -OCH3 is 1. The van der Waals surface area contributed by atoms with Crippen LogP contribution < -0.4 is 9.46 Å². The number of nitrogens with one attached hydrogen (secondary N) is 1. The minimum atomic E-state index is -3.90. The monoisotopic (exact) mass is 384 g/mol. The van der Waals surface area contributed by atoms with E-state index in [-0.39, 0.29) is 22.1 Å². The SMILES string of the molecule is COc1ccc(S(C)(=O)=O)cc1S(=O)(=O)NCCCc1cccnc1. The van der Waals surface area contributed by atoms with Crippen LogP contribution in [0.4, 0.5) is 0 Å². The maximum Gasteiger partial charge on any atom is 0.244 e. The Morgan fingerprint density at radius 3 is 2.52 bits per heavy atom. The highest BCUT2D eigenvalue weighted by molar-refractivity contribution is 7.91. The molecule has 0 unspecified atom stereocenters. The summed E-state index contributed by atoms with van der Waals surface area (Å²) in [6.45, 7) is 0.212. The van der Waals surface area contributed by atoms with Crippen molar-refractivity contribution in [3.8, 4) is 5.75 Å². The van der Waals surface area contributed by atoms with Gasteiger partial charge in [0.15, 0.2) is 9.84 Å². The summed E-state index contributed by atoms with van der Waals surface area (Å²) in [5.74, 6) is 0.0900. The summed E-state index contributed by atoms with van der Waals surface area (Å²) in [4.78, 5) is 3.73. The van der Waals surface area contributed by atoms with Crippen LogP contribution >= 0.6 is 0 Å². The van der Waals surface area contributed by atoms with Crippen LogP contribution in [-0.4, -0.2) is 41.7 Å². The molecule has 2 rings (SSSR count). The first-order valence-corrected chi connectivity index (χ1v) is 10.9. The Bertz CT molecular complexity index is 926. The molecule has 9 heteroatoms. The van der Waals surface area contributed by atoms with Crippen molar-refractivity contribution in [2.75, 3.05) is 19.9 Å². The molecule has 136 valence electrons. The summed E-state index contributed by atoms with van der Waals surface area (Å²) in [6.07, 6.45) is 5.68. The summed E-state index contributed by atoms with van der Waals surface area (Å²) < 4.78 is 55.9. The Hall–Kier alpha value is -1.97. The predicted molar refractivity (Wildman–Crippen MR) is 93.9 cm³/mol. The second-order valence-electron chi connectivity index (χ2n) is 5.45. The Balaban J connectivity index is 2.12. The molecule has 0 spiro atoms. The lowest BCUT2D eigenvalue weighted by Crippen LogP contribution is -2.25. The normalized spacial score (nSPS) is 12.1. The first kappa shape index (κ1) is 19.4. The first-order chi connectivity index (χ1) is 11.7. The van der Waals surface area contributed by atoms with Gasteiger partial charge in [0.05, 0.1) is 12.0 Å². The fourth-order valence-electron chi connectivity index (χ4n) is 2.22. The number of hydrogen-bond acceptors (Lipinski definition) is 6. The molecule has 25 heavy (non-hydrogen) atoms. The van der Waals surface area contributed by atoms with Crippen LogP contribution in [0, 0.1) is 0 Å². The van der Waals surface area contributed by atoms with Crippen molar-refractivity contribution in [3.05, 3.63) is 48.3 Å². The average molecular weight is 384 g/mol. The molecule has 0 saturated carbocycles. The topological polar surface area (TPSA) is 102 Å². The molecule has 1 aromatic heterocycles. The molecule has 0 aliphatic carbocycles. The lowest BCUT2D eigenvalue weighted by Gasteiger charge is -2.12. The number of nitrogens with zero attached hydrogens (tertiary/aromatic N) is 1. The highest BCUT2D eigenvalue weighted by Gasteiger charge is 2.22. The lowest BCUT2D eigenvalue weighted by molar-refractivity contribution is 0.401. The van der Waals surface area contributed by atoms with E-state index in [1.165, 1.54) is 19.2 Å². The van der Waals surface area contributed by atoms with Crippen molar-refractivity contribution in [1.29, 1.82) is 0 Å². The minimum absolute atomic E-state index is 0.0796. The van der Waals surface area contributed by atoms with E-state index in [1.54, 1.807) is 12.4 Å². The first-order valence-electron chi connectivity index (χ1n) is 7.51. The summed E-state index contributed by atoms with van der Waals surface area (Å²) in [7, 11) is -6.09. The fraction of sp³-hybridized carbons (Fsp3) is 0.312. The van der Waals surface area contributed by atoms with Crippen molar-refractivity contribution < 1.29 is 21.6 Å². The van der Waals surface area contributed by atoms with Gasteiger partial charge in [0.2, 0.25) is 10.0 Å². The Labute approximate surface area is 148 Å². The van der Waals surface area contributed by atoms with Gasteiger partial charge in [-0.1, -0.05) is 6.07 Å². The molecule has 2 aromatic rings. The number of aryl methyl sites for hydroxylation is 1.